The van der Waals surface area contributed by atoms with Gasteiger partial charge in [0.25, 0.3) is 0 Å². The molecule has 0 aromatic carbocycles. The van der Waals surface area contributed by atoms with Crippen molar-refractivity contribution in [3.63, 3.8) is 0 Å². The van der Waals surface area contributed by atoms with E-state index < -0.39 is 46.5 Å². The zero-order valence-corrected chi connectivity index (χ0v) is 14.7. The van der Waals surface area contributed by atoms with Gasteiger partial charge < -0.3 is 0 Å². The number of amides is 8. The maximum Gasteiger partial charge on any atom is 0.328 e. The van der Waals surface area contributed by atoms with Crippen molar-refractivity contribution < 1.29 is 28.8 Å². The van der Waals surface area contributed by atoms with E-state index in [1.807, 2.05) is 0 Å². The number of hydrogen-bond acceptors (Lipinski definition) is 6. The number of rotatable bonds is 7. The highest BCUT2D eigenvalue weighted by Crippen LogP contribution is 2.35. The number of barbiturate groups is 2. The summed E-state index contributed by atoms with van der Waals surface area (Å²) in [6.45, 7) is 3.35. The summed E-state index contributed by atoms with van der Waals surface area (Å²) in [4.78, 5) is 71.1. The quantitative estimate of drug-likeness (QED) is 0.370. The van der Waals surface area contributed by atoms with Crippen LogP contribution >= 0.6 is 0 Å². The average molecular weight is 366 g/mol. The predicted octanol–water partition coefficient (Wildman–Crippen LogP) is 0.0716. The Morgan fingerprint density at radius 3 is 1.08 bits per heavy atom. The van der Waals surface area contributed by atoms with E-state index in [1.54, 1.807) is 13.8 Å². The van der Waals surface area contributed by atoms with Gasteiger partial charge in [-0.25, -0.2) is 9.59 Å². The minimum Gasteiger partial charge on any atom is -0.277 e. The third-order valence-corrected chi connectivity index (χ3v) is 5.31. The molecule has 10 heteroatoms. The van der Waals surface area contributed by atoms with Gasteiger partial charge in [-0.15, -0.1) is 0 Å². The van der Waals surface area contributed by atoms with Crippen LogP contribution in [0.25, 0.3) is 0 Å². The van der Waals surface area contributed by atoms with Crippen LogP contribution in [0.2, 0.25) is 0 Å². The smallest absolute Gasteiger partial charge is 0.277 e. The number of carbonyl (C=O) groups excluding carboxylic acids is 6. The second kappa shape index (κ2) is 7.22. The molecule has 0 aromatic heterocycles. The Morgan fingerprint density at radius 1 is 0.577 bits per heavy atom. The molecule has 8 amide bonds. The monoisotopic (exact) mass is 366 g/mol. The average Bonchev–Trinajstić information content (AvgIpc) is 2.56. The fourth-order valence-corrected chi connectivity index (χ4v) is 3.46. The van der Waals surface area contributed by atoms with Crippen LogP contribution < -0.4 is 21.3 Å². The van der Waals surface area contributed by atoms with Gasteiger partial charge in [0, 0.05) is 0 Å². The molecule has 0 aliphatic carbocycles. The first kappa shape index (κ1) is 19.5. The predicted molar refractivity (Wildman–Crippen MR) is 87.3 cm³/mol. The standard InChI is InChI=1S/C16H22N4O6/c1-3-15(9(21)17-13(25)18-10(15)22)7-5-6-8-16(4-2)11(23)19-14(26)20-12(16)24/h3-8H2,1-2H3,(H2,17,18,21,22,25)(H2,19,20,23,24,26). The van der Waals surface area contributed by atoms with Gasteiger partial charge in [-0.05, 0) is 25.7 Å². The van der Waals surface area contributed by atoms with Gasteiger partial charge >= 0.3 is 12.1 Å². The van der Waals surface area contributed by atoms with Crippen LogP contribution in [0.4, 0.5) is 9.59 Å². The number of hydrogen-bond donors (Lipinski definition) is 4. The molecule has 2 aliphatic rings. The molecule has 4 N–H and O–H groups in total. The topological polar surface area (TPSA) is 151 Å². The van der Waals surface area contributed by atoms with E-state index in [9.17, 15) is 28.8 Å². The second-order valence-electron chi connectivity index (χ2n) is 6.55. The molecular formula is C16H22N4O6. The molecule has 2 fully saturated rings. The molecule has 2 aliphatic heterocycles. The van der Waals surface area contributed by atoms with Crippen LogP contribution in [0.15, 0.2) is 0 Å². The molecule has 142 valence electrons. The van der Waals surface area contributed by atoms with E-state index in [0.717, 1.165) is 0 Å². The molecule has 0 unspecified atom stereocenters. The zero-order valence-electron chi connectivity index (χ0n) is 14.7. The number of imide groups is 4. The molecule has 0 bridgehead atoms. The van der Waals surface area contributed by atoms with Crippen LogP contribution in [-0.4, -0.2) is 35.7 Å². The van der Waals surface area contributed by atoms with Crippen LogP contribution in [-0.2, 0) is 19.2 Å². The van der Waals surface area contributed by atoms with Crippen LogP contribution in [0.1, 0.15) is 52.4 Å². The van der Waals surface area contributed by atoms with E-state index in [0.29, 0.717) is 12.8 Å². The van der Waals surface area contributed by atoms with Crippen molar-refractivity contribution in [3.8, 4) is 0 Å². The summed E-state index contributed by atoms with van der Waals surface area (Å²) >= 11 is 0. The summed E-state index contributed by atoms with van der Waals surface area (Å²) in [5, 5.41) is 8.42. The Bertz CT molecular complexity index is 588. The van der Waals surface area contributed by atoms with Gasteiger partial charge in [0.1, 0.15) is 10.8 Å². The number of nitrogens with one attached hydrogen (secondary N) is 4. The maximum absolute atomic E-state index is 12.2. The molecular weight excluding hydrogens is 344 g/mol. The molecule has 0 saturated carbocycles. The van der Waals surface area contributed by atoms with Crippen LogP contribution in [0.3, 0.4) is 0 Å². The molecule has 0 radical (unpaired) electrons. The molecule has 0 aromatic rings. The summed E-state index contributed by atoms with van der Waals surface area (Å²) in [6, 6.07) is -1.68. The largest absolute Gasteiger partial charge is 0.328 e. The highest BCUT2D eigenvalue weighted by atomic mass is 16.2. The first-order chi connectivity index (χ1) is 12.2. The van der Waals surface area contributed by atoms with Crippen molar-refractivity contribution in [2.75, 3.05) is 0 Å². The van der Waals surface area contributed by atoms with Gasteiger partial charge in [-0.3, -0.25) is 40.4 Å². The van der Waals surface area contributed by atoms with E-state index >= 15 is 0 Å². The highest BCUT2D eigenvalue weighted by molar-refractivity contribution is 6.19. The Morgan fingerprint density at radius 2 is 0.846 bits per heavy atom. The fourth-order valence-electron chi connectivity index (χ4n) is 3.46. The number of unbranched alkanes of at least 4 members (excludes halogenated alkanes) is 1. The van der Waals surface area contributed by atoms with Crippen molar-refractivity contribution in [2.45, 2.75) is 52.4 Å². The lowest BCUT2D eigenvalue weighted by molar-refractivity contribution is -0.147. The fraction of sp³-hybridized carbons (Fsp3) is 0.625. The molecule has 0 atom stereocenters. The van der Waals surface area contributed by atoms with Gasteiger partial charge in [0.05, 0.1) is 0 Å². The summed E-state index contributed by atoms with van der Waals surface area (Å²) < 4.78 is 0. The van der Waals surface area contributed by atoms with Crippen molar-refractivity contribution >= 4 is 35.7 Å². The van der Waals surface area contributed by atoms with Crippen molar-refractivity contribution in [3.05, 3.63) is 0 Å². The summed E-state index contributed by atoms with van der Waals surface area (Å²) in [5.74, 6) is -2.56. The third kappa shape index (κ3) is 3.18. The SMILES string of the molecule is CCC1(CCCCC2(CC)C(=O)NC(=O)NC2=O)C(=O)NC(=O)NC1=O. The lowest BCUT2D eigenvalue weighted by atomic mass is 9.74. The summed E-state index contributed by atoms with van der Waals surface area (Å²) in [6.07, 6.45) is 1.56. The summed E-state index contributed by atoms with van der Waals surface area (Å²) in [7, 11) is 0. The van der Waals surface area contributed by atoms with Crippen LogP contribution in [0, 0.1) is 10.8 Å². The minimum absolute atomic E-state index is 0.177. The molecule has 0 spiro atoms. The van der Waals surface area contributed by atoms with Gasteiger partial charge in [-0.2, -0.15) is 0 Å². The lowest BCUT2D eigenvalue weighted by Gasteiger charge is -2.34. The Hall–Kier alpha value is -2.78. The van der Waals surface area contributed by atoms with Crippen molar-refractivity contribution in [1.29, 1.82) is 0 Å². The van der Waals surface area contributed by atoms with Crippen LogP contribution in [0.5, 0.6) is 0 Å². The molecule has 2 rings (SSSR count). The number of carbonyl (C=O) groups is 6. The van der Waals surface area contributed by atoms with Gasteiger partial charge in [0.2, 0.25) is 23.6 Å². The number of urea groups is 2. The van der Waals surface area contributed by atoms with E-state index in [4.69, 9.17) is 0 Å². The molecule has 26 heavy (non-hydrogen) atoms. The van der Waals surface area contributed by atoms with Gasteiger partial charge in [0.15, 0.2) is 0 Å². The first-order valence-corrected chi connectivity index (χ1v) is 8.55. The maximum atomic E-state index is 12.2. The van der Waals surface area contributed by atoms with Crippen molar-refractivity contribution in [2.24, 2.45) is 10.8 Å². The highest BCUT2D eigenvalue weighted by Gasteiger charge is 2.50. The zero-order chi connectivity index (χ0) is 19.5. The first-order valence-electron chi connectivity index (χ1n) is 8.55. The molecule has 2 heterocycles. The minimum atomic E-state index is -1.35. The summed E-state index contributed by atoms with van der Waals surface area (Å²) in [5.41, 5.74) is -2.69. The lowest BCUT2D eigenvalue weighted by Crippen LogP contribution is -2.62. The Kier molecular flexibility index (Phi) is 5.43. The van der Waals surface area contributed by atoms with E-state index in [-0.39, 0.29) is 25.7 Å². The second-order valence-corrected chi connectivity index (χ2v) is 6.55. The third-order valence-electron chi connectivity index (χ3n) is 5.31. The Balaban J connectivity index is 2.02. The van der Waals surface area contributed by atoms with Gasteiger partial charge in [-0.1, -0.05) is 26.7 Å². The van der Waals surface area contributed by atoms with Crippen molar-refractivity contribution in [1.82, 2.24) is 21.3 Å². The van der Waals surface area contributed by atoms with E-state index in [1.165, 1.54) is 0 Å². The molecule has 2 saturated heterocycles. The molecule has 10 nitrogen and oxygen atoms in total. The normalized spacial score (nSPS) is 21.6. The Labute approximate surface area is 149 Å². The van der Waals surface area contributed by atoms with E-state index in [2.05, 4.69) is 21.3 Å².